The molecule has 0 amide bonds. The number of esters is 1. The molecule has 0 aromatic heterocycles. The fourth-order valence-corrected chi connectivity index (χ4v) is 2.63. The Hall–Kier alpha value is -0.610. The Kier molecular flexibility index (Phi) is 4.40. The second kappa shape index (κ2) is 5.83. The Bertz CT molecular complexity index is 257. The Balaban J connectivity index is 1.63. The molecule has 2 saturated carbocycles. The van der Waals surface area contributed by atoms with E-state index in [0.29, 0.717) is 18.5 Å². The Labute approximate surface area is 103 Å². The summed E-state index contributed by atoms with van der Waals surface area (Å²) in [5.74, 6) is 0.557. The maximum Gasteiger partial charge on any atom is 0.308 e. The third kappa shape index (κ3) is 3.68. The van der Waals surface area contributed by atoms with Crippen molar-refractivity contribution in [2.75, 3.05) is 13.7 Å². The van der Waals surface area contributed by atoms with Gasteiger partial charge in [0.1, 0.15) is 0 Å². The SMILES string of the molecule is COC(=O)C1CCC(NCC(O)C2CC2)CC1. The van der Waals surface area contributed by atoms with Crippen molar-refractivity contribution in [1.82, 2.24) is 5.32 Å². The van der Waals surface area contributed by atoms with Crippen LogP contribution in [-0.4, -0.2) is 36.9 Å². The molecule has 2 rings (SSSR count). The fraction of sp³-hybridized carbons (Fsp3) is 0.923. The van der Waals surface area contributed by atoms with Gasteiger partial charge < -0.3 is 15.2 Å². The Morgan fingerprint density at radius 3 is 2.47 bits per heavy atom. The highest BCUT2D eigenvalue weighted by Crippen LogP contribution is 2.32. The van der Waals surface area contributed by atoms with Crippen LogP contribution in [0.3, 0.4) is 0 Å². The number of nitrogens with one attached hydrogen (secondary N) is 1. The van der Waals surface area contributed by atoms with Crippen LogP contribution in [-0.2, 0) is 9.53 Å². The quantitative estimate of drug-likeness (QED) is 0.707. The van der Waals surface area contributed by atoms with Gasteiger partial charge in [-0.25, -0.2) is 0 Å². The third-order valence-corrected chi connectivity index (χ3v) is 4.04. The van der Waals surface area contributed by atoms with Gasteiger partial charge in [-0.1, -0.05) is 0 Å². The largest absolute Gasteiger partial charge is 0.469 e. The molecular weight excluding hydrogens is 218 g/mol. The molecular formula is C13H23NO3. The average molecular weight is 241 g/mol. The van der Waals surface area contributed by atoms with Crippen LogP contribution >= 0.6 is 0 Å². The highest BCUT2D eigenvalue weighted by molar-refractivity contribution is 5.72. The van der Waals surface area contributed by atoms with Gasteiger partial charge in [0.25, 0.3) is 0 Å². The first-order chi connectivity index (χ1) is 8.20. The second-order valence-corrected chi connectivity index (χ2v) is 5.38. The molecule has 2 N–H and O–H groups in total. The van der Waals surface area contributed by atoms with Crippen molar-refractivity contribution in [3.05, 3.63) is 0 Å². The van der Waals surface area contributed by atoms with E-state index < -0.39 is 0 Å². The minimum Gasteiger partial charge on any atom is -0.469 e. The predicted octanol–water partition coefficient (Wildman–Crippen LogP) is 1.08. The number of rotatable bonds is 5. The van der Waals surface area contributed by atoms with Crippen LogP contribution < -0.4 is 5.32 Å². The van der Waals surface area contributed by atoms with Gasteiger partial charge in [0.15, 0.2) is 0 Å². The lowest BCUT2D eigenvalue weighted by atomic mass is 9.86. The zero-order valence-electron chi connectivity index (χ0n) is 10.5. The summed E-state index contributed by atoms with van der Waals surface area (Å²) in [6.07, 6.45) is 6.02. The lowest BCUT2D eigenvalue weighted by Crippen LogP contribution is -2.39. The van der Waals surface area contributed by atoms with E-state index in [-0.39, 0.29) is 18.0 Å². The van der Waals surface area contributed by atoms with Gasteiger partial charge in [-0.05, 0) is 44.4 Å². The van der Waals surface area contributed by atoms with E-state index >= 15 is 0 Å². The van der Waals surface area contributed by atoms with Crippen molar-refractivity contribution in [1.29, 1.82) is 0 Å². The molecule has 17 heavy (non-hydrogen) atoms. The molecule has 0 spiro atoms. The monoisotopic (exact) mass is 241 g/mol. The van der Waals surface area contributed by atoms with E-state index in [0.717, 1.165) is 25.7 Å². The lowest BCUT2D eigenvalue weighted by Gasteiger charge is -2.28. The molecule has 0 aromatic carbocycles. The summed E-state index contributed by atoms with van der Waals surface area (Å²) in [5.41, 5.74) is 0. The first-order valence-electron chi connectivity index (χ1n) is 6.70. The standard InChI is InChI=1S/C13H23NO3/c1-17-13(16)10-4-6-11(7-5-10)14-8-12(15)9-2-3-9/h9-12,14-15H,2-8H2,1H3. The normalized spacial score (nSPS) is 30.9. The van der Waals surface area contributed by atoms with Crippen LogP contribution in [0.1, 0.15) is 38.5 Å². The molecule has 0 aromatic rings. The van der Waals surface area contributed by atoms with Gasteiger partial charge in [0.2, 0.25) is 0 Å². The molecule has 4 nitrogen and oxygen atoms in total. The molecule has 0 radical (unpaired) electrons. The molecule has 0 saturated heterocycles. The van der Waals surface area contributed by atoms with Crippen molar-refractivity contribution in [2.24, 2.45) is 11.8 Å². The molecule has 1 unspecified atom stereocenters. The first kappa shape index (κ1) is 12.8. The Morgan fingerprint density at radius 1 is 1.29 bits per heavy atom. The summed E-state index contributed by atoms with van der Waals surface area (Å²) in [7, 11) is 1.46. The molecule has 1 atom stereocenters. The first-order valence-corrected chi connectivity index (χ1v) is 6.70. The minimum absolute atomic E-state index is 0.0681. The number of carbonyl (C=O) groups excluding carboxylic acids is 1. The van der Waals surface area contributed by atoms with Gasteiger partial charge in [0.05, 0.1) is 19.1 Å². The summed E-state index contributed by atoms with van der Waals surface area (Å²) in [5, 5.41) is 13.2. The average Bonchev–Trinajstić information content (AvgIpc) is 3.20. The van der Waals surface area contributed by atoms with E-state index in [1.165, 1.54) is 20.0 Å². The van der Waals surface area contributed by atoms with Crippen LogP contribution in [0.4, 0.5) is 0 Å². The molecule has 0 bridgehead atoms. The fourth-order valence-electron chi connectivity index (χ4n) is 2.63. The van der Waals surface area contributed by atoms with E-state index in [9.17, 15) is 9.90 Å². The molecule has 2 aliphatic carbocycles. The molecule has 0 aliphatic heterocycles. The van der Waals surface area contributed by atoms with Gasteiger partial charge in [-0.15, -0.1) is 0 Å². The lowest BCUT2D eigenvalue weighted by molar-refractivity contribution is -0.146. The highest BCUT2D eigenvalue weighted by Gasteiger charge is 2.31. The van der Waals surface area contributed by atoms with Crippen molar-refractivity contribution >= 4 is 5.97 Å². The molecule has 98 valence electrons. The Morgan fingerprint density at radius 2 is 1.94 bits per heavy atom. The summed E-state index contributed by atoms with van der Waals surface area (Å²) in [6, 6.07) is 0.462. The van der Waals surface area contributed by atoms with Crippen molar-refractivity contribution in [3.63, 3.8) is 0 Å². The van der Waals surface area contributed by atoms with Crippen LogP contribution in [0.15, 0.2) is 0 Å². The molecule has 2 aliphatic rings. The van der Waals surface area contributed by atoms with Crippen LogP contribution in [0.25, 0.3) is 0 Å². The summed E-state index contributed by atoms with van der Waals surface area (Å²) in [6.45, 7) is 0.707. The zero-order valence-corrected chi connectivity index (χ0v) is 10.5. The molecule has 4 heteroatoms. The highest BCUT2D eigenvalue weighted by atomic mass is 16.5. The number of ether oxygens (including phenoxy) is 1. The third-order valence-electron chi connectivity index (χ3n) is 4.04. The summed E-state index contributed by atoms with van der Waals surface area (Å²) >= 11 is 0. The van der Waals surface area contributed by atoms with Gasteiger partial charge in [0, 0.05) is 12.6 Å². The second-order valence-electron chi connectivity index (χ2n) is 5.38. The number of hydrogen-bond acceptors (Lipinski definition) is 4. The number of methoxy groups -OCH3 is 1. The van der Waals surface area contributed by atoms with Gasteiger partial charge >= 0.3 is 5.97 Å². The minimum atomic E-state index is -0.173. The van der Waals surface area contributed by atoms with Gasteiger partial charge in [-0.3, -0.25) is 4.79 Å². The van der Waals surface area contributed by atoms with Gasteiger partial charge in [-0.2, -0.15) is 0 Å². The maximum atomic E-state index is 11.4. The number of hydrogen-bond donors (Lipinski definition) is 2. The van der Waals surface area contributed by atoms with E-state index in [4.69, 9.17) is 4.74 Å². The predicted molar refractivity (Wildman–Crippen MR) is 64.5 cm³/mol. The zero-order chi connectivity index (χ0) is 12.3. The van der Waals surface area contributed by atoms with E-state index in [1.54, 1.807) is 0 Å². The van der Waals surface area contributed by atoms with E-state index in [1.807, 2.05) is 0 Å². The van der Waals surface area contributed by atoms with Crippen LogP contribution in [0.2, 0.25) is 0 Å². The molecule has 2 fully saturated rings. The number of aliphatic hydroxyl groups is 1. The van der Waals surface area contributed by atoms with Crippen molar-refractivity contribution in [3.8, 4) is 0 Å². The maximum absolute atomic E-state index is 11.4. The van der Waals surface area contributed by atoms with Crippen molar-refractivity contribution < 1.29 is 14.6 Å². The van der Waals surface area contributed by atoms with Crippen molar-refractivity contribution in [2.45, 2.75) is 50.7 Å². The summed E-state index contributed by atoms with van der Waals surface area (Å²) < 4.78 is 4.76. The van der Waals surface area contributed by atoms with Crippen LogP contribution in [0, 0.1) is 11.8 Å². The molecule has 0 heterocycles. The smallest absolute Gasteiger partial charge is 0.308 e. The number of carbonyl (C=O) groups is 1. The van der Waals surface area contributed by atoms with E-state index in [2.05, 4.69) is 5.32 Å². The van der Waals surface area contributed by atoms with Crippen LogP contribution in [0.5, 0.6) is 0 Å². The topological polar surface area (TPSA) is 58.6 Å². The number of aliphatic hydroxyl groups excluding tert-OH is 1. The summed E-state index contributed by atoms with van der Waals surface area (Å²) in [4.78, 5) is 11.4.